The molecule has 0 aliphatic rings. The van der Waals surface area contributed by atoms with Crippen molar-refractivity contribution in [1.29, 1.82) is 0 Å². The number of phosphoric acid groups is 1. The van der Waals surface area contributed by atoms with Gasteiger partial charge in [0.25, 0.3) is 0 Å². The average Bonchev–Trinajstić information content (AvgIpc) is 3.20. The topological polar surface area (TPSA) is 151 Å². The fraction of sp³-hybridized carbons (Fsp3) is 0.938. The lowest BCUT2D eigenvalue weighted by Gasteiger charge is -2.24. The van der Waals surface area contributed by atoms with Crippen LogP contribution in [0.25, 0.3) is 0 Å². The zero-order valence-corrected chi connectivity index (χ0v) is 39.1. The van der Waals surface area contributed by atoms with E-state index in [9.17, 15) is 24.5 Å². The molecule has 9 nitrogen and oxygen atoms in total. The van der Waals surface area contributed by atoms with Gasteiger partial charge in [0.05, 0.1) is 37.9 Å². The Morgan fingerprint density at radius 3 is 1.33 bits per heavy atom. The number of carbonyl (C=O) groups is 1. The number of aliphatic hydroxyl groups is 2. The normalized spacial score (nSPS) is 14.5. The third kappa shape index (κ3) is 41.9. The third-order valence-electron chi connectivity index (χ3n) is 11.4. The van der Waals surface area contributed by atoms with Crippen molar-refractivity contribution in [1.82, 2.24) is 5.32 Å². The largest absolute Gasteiger partial charge is 0.472 e. The number of allylic oxidation sites excluding steroid dienone is 1. The molecule has 4 unspecified atom stereocenters. The Kier molecular flexibility index (Phi) is 43.7. The SMILES string of the molecule is CCCCCCCCCCCCCCC/C=C/C(O)C(COP(=O)(O)OCCN)NC(=O)CC(O)CCCCCCCCCCCCCCCCCCCCCCC. The van der Waals surface area contributed by atoms with Gasteiger partial charge in [-0.2, -0.15) is 0 Å². The molecule has 0 spiro atoms. The molecule has 0 aromatic carbocycles. The minimum absolute atomic E-state index is 0.0517. The number of aliphatic hydroxyl groups excluding tert-OH is 2. The summed E-state index contributed by atoms with van der Waals surface area (Å²) in [6.07, 6.45) is 47.3. The number of nitrogens with one attached hydrogen (secondary N) is 1. The summed E-state index contributed by atoms with van der Waals surface area (Å²) in [4.78, 5) is 22.8. The summed E-state index contributed by atoms with van der Waals surface area (Å²) in [6, 6.07) is -0.978. The second-order valence-corrected chi connectivity index (χ2v) is 18.7. The molecule has 6 N–H and O–H groups in total. The zero-order chi connectivity index (χ0) is 42.6. The molecule has 0 saturated heterocycles. The molecule has 0 heterocycles. The molecule has 0 aliphatic carbocycles. The lowest BCUT2D eigenvalue weighted by atomic mass is 10.0. The number of rotatable bonds is 47. The smallest absolute Gasteiger partial charge is 0.393 e. The monoisotopic (exact) mass is 845 g/mol. The molecular weight excluding hydrogens is 748 g/mol. The van der Waals surface area contributed by atoms with Crippen LogP contribution in [0, 0.1) is 0 Å². The molecule has 0 aromatic heterocycles. The predicted molar refractivity (Wildman–Crippen MR) is 246 cm³/mol. The van der Waals surface area contributed by atoms with Gasteiger partial charge in [-0.1, -0.05) is 238 Å². The first-order valence-corrected chi connectivity index (χ1v) is 26.4. The van der Waals surface area contributed by atoms with Gasteiger partial charge >= 0.3 is 7.82 Å². The van der Waals surface area contributed by atoms with Gasteiger partial charge in [-0.15, -0.1) is 0 Å². The van der Waals surface area contributed by atoms with E-state index in [0.29, 0.717) is 6.42 Å². The minimum atomic E-state index is -4.40. The van der Waals surface area contributed by atoms with E-state index in [1.807, 2.05) is 6.08 Å². The van der Waals surface area contributed by atoms with E-state index < -0.39 is 38.6 Å². The molecule has 10 heteroatoms. The Morgan fingerprint density at radius 2 is 0.948 bits per heavy atom. The summed E-state index contributed by atoms with van der Waals surface area (Å²) in [6.45, 7) is 4.01. The van der Waals surface area contributed by atoms with Crippen molar-refractivity contribution in [2.24, 2.45) is 5.73 Å². The van der Waals surface area contributed by atoms with E-state index in [-0.39, 0.29) is 19.6 Å². The molecule has 1 amide bonds. The average molecular weight is 845 g/mol. The number of carbonyl (C=O) groups excluding carboxylic acids is 1. The quantitative estimate of drug-likeness (QED) is 0.0231. The van der Waals surface area contributed by atoms with E-state index in [1.165, 1.54) is 186 Å². The fourth-order valence-corrected chi connectivity index (χ4v) is 8.41. The van der Waals surface area contributed by atoms with Crippen molar-refractivity contribution in [3.05, 3.63) is 12.2 Å². The van der Waals surface area contributed by atoms with E-state index in [0.717, 1.165) is 38.5 Å². The first-order valence-electron chi connectivity index (χ1n) is 24.9. The Labute approximate surface area is 358 Å². The summed E-state index contributed by atoms with van der Waals surface area (Å²) < 4.78 is 22.1. The maximum atomic E-state index is 12.9. The van der Waals surface area contributed by atoms with Gasteiger partial charge in [-0.05, 0) is 19.3 Å². The first-order chi connectivity index (χ1) is 28.3. The summed E-state index contributed by atoms with van der Waals surface area (Å²) in [5.74, 6) is -0.441. The number of amides is 1. The van der Waals surface area contributed by atoms with Crippen molar-refractivity contribution in [2.75, 3.05) is 19.8 Å². The highest BCUT2D eigenvalue weighted by Gasteiger charge is 2.27. The second kappa shape index (κ2) is 44.3. The van der Waals surface area contributed by atoms with Gasteiger partial charge in [0.1, 0.15) is 0 Å². The van der Waals surface area contributed by atoms with Crippen molar-refractivity contribution in [3.8, 4) is 0 Å². The lowest BCUT2D eigenvalue weighted by molar-refractivity contribution is -0.124. The van der Waals surface area contributed by atoms with Crippen LogP contribution in [0.3, 0.4) is 0 Å². The van der Waals surface area contributed by atoms with E-state index in [2.05, 4.69) is 19.2 Å². The van der Waals surface area contributed by atoms with Crippen LogP contribution in [-0.4, -0.2) is 59.0 Å². The Morgan fingerprint density at radius 1 is 0.586 bits per heavy atom. The van der Waals surface area contributed by atoms with Gasteiger partial charge in [0.15, 0.2) is 0 Å². The van der Waals surface area contributed by atoms with Gasteiger partial charge in [-0.3, -0.25) is 13.8 Å². The summed E-state index contributed by atoms with van der Waals surface area (Å²) in [5, 5.41) is 24.1. The van der Waals surface area contributed by atoms with Crippen LogP contribution in [0.1, 0.15) is 251 Å². The zero-order valence-electron chi connectivity index (χ0n) is 38.2. The molecule has 0 rings (SSSR count). The van der Waals surface area contributed by atoms with E-state index in [1.54, 1.807) is 6.08 Å². The molecule has 0 bridgehead atoms. The third-order valence-corrected chi connectivity index (χ3v) is 12.4. The first kappa shape index (κ1) is 57.2. The maximum absolute atomic E-state index is 12.9. The fourth-order valence-electron chi connectivity index (χ4n) is 7.65. The summed E-state index contributed by atoms with van der Waals surface area (Å²) in [5.41, 5.74) is 5.37. The Hall–Kier alpha value is -0.800. The summed E-state index contributed by atoms with van der Waals surface area (Å²) >= 11 is 0. The highest BCUT2D eigenvalue weighted by Crippen LogP contribution is 2.43. The molecule has 0 fully saturated rings. The molecule has 346 valence electrons. The van der Waals surface area contributed by atoms with Crippen LogP contribution < -0.4 is 11.1 Å². The van der Waals surface area contributed by atoms with Crippen molar-refractivity contribution < 1.29 is 33.5 Å². The number of unbranched alkanes of at least 4 members (excludes halogenated alkanes) is 33. The van der Waals surface area contributed by atoms with Crippen molar-refractivity contribution in [3.63, 3.8) is 0 Å². The predicted octanol–water partition coefficient (Wildman–Crippen LogP) is 13.3. The van der Waals surface area contributed by atoms with Crippen LogP contribution >= 0.6 is 7.82 Å². The number of hydrogen-bond acceptors (Lipinski definition) is 7. The molecule has 4 atom stereocenters. The minimum Gasteiger partial charge on any atom is -0.393 e. The van der Waals surface area contributed by atoms with Gasteiger partial charge in [-0.25, -0.2) is 4.57 Å². The molecule has 0 saturated carbocycles. The number of hydrogen-bond donors (Lipinski definition) is 5. The second-order valence-electron chi connectivity index (χ2n) is 17.2. The highest BCUT2D eigenvalue weighted by molar-refractivity contribution is 7.47. The van der Waals surface area contributed by atoms with Gasteiger partial charge < -0.3 is 26.2 Å². The maximum Gasteiger partial charge on any atom is 0.472 e. The molecular formula is C48H97N2O7P. The van der Waals surface area contributed by atoms with Gasteiger partial charge in [0.2, 0.25) is 5.91 Å². The molecule has 0 aliphatic heterocycles. The Bertz CT molecular complexity index is 940. The van der Waals surface area contributed by atoms with Crippen molar-refractivity contribution in [2.45, 2.75) is 270 Å². The van der Waals surface area contributed by atoms with Crippen LogP contribution in [0.5, 0.6) is 0 Å². The van der Waals surface area contributed by atoms with Gasteiger partial charge in [0, 0.05) is 6.54 Å². The lowest BCUT2D eigenvalue weighted by Crippen LogP contribution is -2.46. The van der Waals surface area contributed by atoms with Crippen LogP contribution in [0.15, 0.2) is 12.2 Å². The molecule has 0 aromatic rings. The molecule has 0 radical (unpaired) electrons. The number of nitrogens with two attached hydrogens (primary N) is 1. The van der Waals surface area contributed by atoms with Crippen molar-refractivity contribution >= 4 is 13.7 Å². The number of phosphoric ester groups is 1. The van der Waals surface area contributed by atoms with Crippen LogP contribution in [0.2, 0.25) is 0 Å². The summed E-state index contributed by atoms with van der Waals surface area (Å²) in [7, 11) is -4.40. The van der Waals surface area contributed by atoms with E-state index >= 15 is 0 Å². The van der Waals surface area contributed by atoms with Crippen LogP contribution in [-0.2, 0) is 18.4 Å². The Balaban J connectivity index is 4.15. The highest BCUT2D eigenvalue weighted by atomic mass is 31.2. The standard InChI is InChI=1S/C48H97N2O7P/c1-3-5-7-9-11-13-15-17-19-20-21-22-23-24-26-27-29-31-33-35-37-39-45(51)43-48(53)50-46(44-57-58(54,55)56-42-41-49)47(52)40-38-36-34-32-30-28-25-18-16-14-12-10-8-6-4-2/h38,40,45-47,51-52H,3-37,39,41-44,49H2,1-2H3,(H,50,53)(H,54,55)/b40-38+. The molecule has 58 heavy (non-hydrogen) atoms. The van der Waals surface area contributed by atoms with Crippen LogP contribution in [0.4, 0.5) is 0 Å². The van der Waals surface area contributed by atoms with E-state index in [4.69, 9.17) is 14.8 Å².